The Kier molecular flexibility index (Phi) is 5.43. The Bertz CT molecular complexity index is 513. The Labute approximate surface area is 122 Å². The maximum absolute atomic E-state index is 5.79. The molecule has 19 heavy (non-hydrogen) atoms. The number of halogens is 1. The molecule has 2 aromatic rings. The highest BCUT2D eigenvalue weighted by molar-refractivity contribution is 9.10. The van der Waals surface area contributed by atoms with Crippen molar-refractivity contribution in [1.82, 2.24) is 5.32 Å². The highest BCUT2D eigenvalue weighted by Gasteiger charge is 2.03. The SMILES string of the molecule is CCCNCc1ccc(Oc2ccccc2)cc1Br. The van der Waals surface area contributed by atoms with E-state index in [9.17, 15) is 0 Å². The third kappa shape index (κ3) is 4.37. The van der Waals surface area contributed by atoms with Crippen molar-refractivity contribution in [3.05, 3.63) is 58.6 Å². The van der Waals surface area contributed by atoms with Crippen molar-refractivity contribution in [1.29, 1.82) is 0 Å². The van der Waals surface area contributed by atoms with Crippen molar-refractivity contribution < 1.29 is 4.74 Å². The fourth-order valence-corrected chi connectivity index (χ4v) is 2.26. The minimum Gasteiger partial charge on any atom is -0.457 e. The second-order valence-electron chi connectivity index (χ2n) is 4.35. The predicted molar refractivity (Wildman–Crippen MR) is 82.7 cm³/mol. The summed E-state index contributed by atoms with van der Waals surface area (Å²) in [6.07, 6.45) is 1.15. The summed E-state index contributed by atoms with van der Waals surface area (Å²) in [5.41, 5.74) is 1.24. The van der Waals surface area contributed by atoms with Crippen LogP contribution in [0.2, 0.25) is 0 Å². The first-order valence-corrected chi connectivity index (χ1v) is 7.31. The van der Waals surface area contributed by atoms with E-state index in [2.05, 4.69) is 34.2 Å². The summed E-state index contributed by atoms with van der Waals surface area (Å²) >= 11 is 3.59. The van der Waals surface area contributed by atoms with Crippen molar-refractivity contribution in [2.24, 2.45) is 0 Å². The van der Waals surface area contributed by atoms with Gasteiger partial charge in [-0.3, -0.25) is 0 Å². The lowest BCUT2D eigenvalue weighted by molar-refractivity contribution is 0.482. The molecule has 2 rings (SSSR count). The van der Waals surface area contributed by atoms with Gasteiger partial charge in [0.15, 0.2) is 0 Å². The Hall–Kier alpha value is -1.32. The third-order valence-electron chi connectivity index (χ3n) is 2.75. The average Bonchev–Trinajstić information content (AvgIpc) is 2.43. The maximum Gasteiger partial charge on any atom is 0.128 e. The molecule has 1 N–H and O–H groups in total. The number of rotatable bonds is 6. The van der Waals surface area contributed by atoms with Crippen molar-refractivity contribution in [3.8, 4) is 11.5 Å². The lowest BCUT2D eigenvalue weighted by atomic mass is 10.2. The quantitative estimate of drug-likeness (QED) is 0.776. The van der Waals surface area contributed by atoms with Gasteiger partial charge < -0.3 is 10.1 Å². The zero-order chi connectivity index (χ0) is 13.5. The van der Waals surface area contributed by atoms with E-state index < -0.39 is 0 Å². The zero-order valence-corrected chi connectivity index (χ0v) is 12.6. The first kappa shape index (κ1) is 14.1. The molecule has 0 saturated heterocycles. The van der Waals surface area contributed by atoms with Crippen LogP contribution >= 0.6 is 15.9 Å². The monoisotopic (exact) mass is 319 g/mol. The fourth-order valence-electron chi connectivity index (χ4n) is 1.76. The number of ether oxygens (including phenoxy) is 1. The molecule has 0 bridgehead atoms. The van der Waals surface area contributed by atoms with Crippen LogP contribution in [0.15, 0.2) is 53.0 Å². The lowest BCUT2D eigenvalue weighted by Gasteiger charge is -2.09. The Morgan fingerprint density at radius 1 is 1.05 bits per heavy atom. The summed E-state index contributed by atoms with van der Waals surface area (Å²) in [4.78, 5) is 0. The molecule has 0 unspecified atom stereocenters. The predicted octanol–water partition coefficient (Wildman–Crippen LogP) is 4.74. The van der Waals surface area contributed by atoms with Gasteiger partial charge in [0.05, 0.1) is 0 Å². The molecule has 0 saturated carbocycles. The molecular weight excluding hydrogens is 302 g/mol. The molecule has 3 heteroatoms. The van der Waals surface area contributed by atoms with Crippen molar-refractivity contribution in [2.45, 2.75) is 19.9 Å². The molecule has 0 radical (unpaired) electrons. The van der Waals surface area contributed by atoms with E-state index in [1.165, 1.54) is 5.56 Å². The van der Waals surface area contributed by atoms with Gasteiger partial charge in [-0.1, -0.05) is 47.1 Å². The average molecular weight is 320 g/mol. The van der Waals surface area contributed by atoms with Crippen molar-refractivity contribution in [2.75, 3.05) is 6.54 Å². The molecule has 0 aliphatic heterocycles. The maximum atomic E-state index is 5.79. The van der Waals surface area contributed by atoms with Gasteiger partial charge in [-0.15, -0.1) is 0 Å². The van der Waals surface area contributed by atoms with Crippen molar-refractivity contribution >= 4 is 15.9 Å². The van der Waals surface area contributed by atoms with Crippen LogP contribution in [0.5, 0.6) is 11.5 Å². The molecule has 0 amide bonds. The van der Waals surface area contributed by atoms with Crippen LogP contribution in [0.25, 0.3) is 0 Å². The third-order valence-corrected chi connectivity index (χ3v) is 3.48. The van der Waals surface area contributed by atoms with Gasteiger partial charge in [-0.25, -0.2) is 0 Å². The van der Waals surface area contributed by atoms with Crippen LogP contribution in [0.3, 0.4) is 0 Å². The summed E-state index contributed by atoms with van der Waals surface area (Å²) in [5.74, 6) is 1.70. The van der Waals surface area contributed by atoms with Crippen LogP contribution in [0.1, 0.15) is 18.9 Å². The van der Waals surface area contributed by atoms with Crippen LogP contribution < -0.4 is 10.1 Å². The lowest BCUT2D eigenvalue weighted by Crippen LogP contribution is -2.14. The largest absolute Gasteiger partial charge is 0.457 e. The number of benzene rings is 2. The van der Waals surface area contributed by atoms with Crippen LogP contribution in [-0.2, 0) is 6.54 Å². The summed E-state index contributed by atoms with van der Waals surface area (Å²) in [5, 5.41) is 3.39. The fraction of sp³-hybridized carbons (Fsp3) is 0.250. The minimum atomic E-state index is 0.845. The van der Waals surface area contributed by atoms with Crippen molar-refractivity contribution in [3.63, 3.8) is 0 Å². The van der Waals surface area contributed by atoms with Gasteiger partial charge in [0.1, 0.15) is 11.5 Å². The zero-order valence-electron chi connectivity index (χ0n) is 11.0. The molecule has 2 nitrogen and oxygen atoms in total. The van der Waals surface area contributed by atoms with E-state index in [1.807, 2.05) is 42.5 Å². The van der Waals surface area contributed by atoms with E-state index >= 15 is 0 Å². The van der Waals surface area contributed by atoms with Gasteiger partial charge in [0.25, 0.3) is 0 Å². The summed E-state index contributed by atoms with van der Waals surface area (Å²) in [6, 6.07) is 15.9. The molecule has 0 aliphatic rings. The molecule has 0 spiro atoms. The number of hydrogen-bond acceptors (Lipinski definition) is 2. The second kappa shape index (κ2) is 7.31. The van der Waals surface area contributed by atoms with Gasteiger partial charge in [-0.2, -0.15) is 0 Å². The minimum absolute atomic E-state index is 0.845. The number of hydrogen-bond donors (Lipinski definition) is 1. The highest BCUT2D eigenvalue weighted by atomic mass is 79.9. The van der Waals surface area contributed by atoms with Gasteiger partial charge in [0.2, 0.25) is 0 Å². The number of para-hydroxylation sites is 1. The Balaban J connectivity index is 2.02. The Morgan fingerprint density at radius 2 is 1.84 bits per heavy atom. The molecule has 0 fully saturated rings. The topological polar surface area (TPSA) is 21.3 Å². The first-order chi connectivity index (χ1) is 9.29. The molecule has 100 valence electrons. The van der Waals surface area contributed by atoms with E-state index in [1.54, 1.807) is 0 Å². The first-order valence-electron chi connectivity index (χ1n) is 6.51. The standard InChI is InChI=1S/C16H18BrNO/c1-2-10-18-12-13-8-9-15(11-16(13)17)19-14-6-4-3-5-7-14/h3-9,11,18H,2,10,12H2,1H3. The summed E-state index contributed by atoms with van der Waals surface area (Å²) < 4.78 is 6.86. The van der Waals surface area contributed by atoms with Gasteiger partial charge in [0, 0.05) is 11.0 Å². The normalized spacial score (nSPS) is 10.4. The van der Waals surface area contributed by atoms with E-state index in [4.69, 9.17) is 4.74 Å². The molecule has 0 heterocycles. The summed E-state index contributed by atoms with van der Waals surface area (Å²) in [7, 11) is 0. The van der Waals surface area contributed by atoms with E-state index in [-0.39, 0.29) is 0 Å². The molecule has 0 aromatic heterocycles. The second-order valence-corrected chi connectivity index (χ2v) is 5.20. The van der Waals surface area contributed by atoms with Gasteiger partial charge >= 0.3 is 0 Å². The van der Waals surface area contributed by atoms with Crippen LogP contribution in [-0.4, -0.2) is 6.54 Å². The molecule has 0 aliphatic carbocycles. The van der Waals surface area contributed by atoms with Gasteiger partial charge in [-0.05, 0) is 42.8 Å². The molecule has 0 atom stereocenters. The number of nitrogens with one attached hydrogen (secondary N) is 1. The van der Waals surface area contributed by atoms with Crippen LogP contribution in [0, 0.1) is 0 Å². The summed E-state index contributed by atoms with van der Waals surface area (Å²) in [6.45, 7) is 4.08. The smallest absolute Gasteiger partial charge is 0.128 e. The molecular formula is C16H18BrNO. The Morgan fingerprint density at radius 3 is 2.53 bits per heavy atom. The molecule has 2 aromatic carbocycles. The highest BCUT2D eigenvalue weighted by Crippen LogP contribution is 2.26. The van der Waals surface area contributed by atoms with E-state index in [0.29, 0.717) is 0 Å². The van der Waals surface area contributed by atoms with E-state index in [0.717, 1.165) is 35.5 Å². The van der Waals surface area contributed by atoms with Crippen LogP contribution in [0.4, 0.5) is 0 Å².